The normalized spacial score (nSPS) is 11.6. The predicted octanol–water partition coefficient (Wildman–Crippen LogP) is 0.323. The lowest BCUT2D eigenvalue weighted by atomic mass is 10.4. The van der Waals surface area contributed by atoms with E-state index in [1.807, 2.05) is 0 Å². The fourth-order valence-electron chi connectivity index (χ4n) is 1.28. The Morgan fingerprint density at radius 2 is 1.94 bits per heavy atom. The molecule has 0 bridgehead atoms. The van der Waals surface area contributed by atoms with Gasteiger partial charge in [-0.2, -0.15) is 4.80 Å². The van der Waals surface area contributed by atoms with E-state index in [1.165, 1.54) is 16.9 Å². The SMILES string of the molecule is Cn1nnc(CS(=O)(=O)c2ccc(F)cc2)n1. The van der Waals surface area contributed by atoms with Crippen LogP contribution in [0.2, 0.25) is 0 Å². The average Bonchev–Trinajstić information content (AvgIpc) is 2.63. The van der Waals surface area contributed by atoms with Crippen molar-refractivity contribution in [2.75, 3.05) is 0 Å². The molecular weight excluding hydrogens is 247 g/mol. The monoisotopic (exact) mass is 256 g/mol. The zero-order valence-corrected chi connectivity index (χ0v) is 9.72. The van der Waals surface area contributed by atoms with Crippen LogP contribution in [-0.2, 0) is 22.6 Å². The molecule has 1 aromatic carbocycles. The molecule has 0 aliphatic rings. The van der Waals surface area contributed by atoms with Gasteiger partial charge in [-0.05, 0) is 29.5 Å². The molecule has 1 heterocycles. The van der Waals surface area contributed by atoms with Crippen LogP contribution >= 0.6 is 0 Å². The number of sulfone groups is 1. The Hall–Kier alpha value is -1.83. The van der Waals surface area contributed by atoms with Crippen molar-refractivity contribution >= 4 is 9.84 Å². The summed E-state index contributed by atoms with van der Waals surface area (Å²) in [7, 11) is -2.02. The Kier molecular flexibility index (Phi) is 2.88. The van der Waals surface area contributed by atoms with Crippen molar-refractivity contribution in [2.24, 2.45) is 7.05 Å². The van der Waals surface area contributed by atoms with Crippen LogP contribution in [0, 0.1) is 5.82 Å². The molecule has 0 aliphatic heterocycles. The second-order valence-electron chi connectivity index (χ2n) is 3.41. The summed E-state index contributed by atoms with van der Waals surface area (Å²) in [6.07, 6.45) is 0. The number of aromatic nitrogens is 4. The van der Waals surface area contributed by atoms with Gasteiger partial charge in [0, 0.05) is 0 Å². The molecule has 6 nitrogen and oxygen atoms in total. The van der Waals surface area contributed by atoms with Gasteiger partial charge in [0.25, 0.3) is 0 Å². The first-order valence-corrected chi connectivity index (χ1v) is 6.34. The zero-order valence-electron chi connectivity index (χ0n) is 8.91. The van der Waals surface area contributed by atoms with E-state index in [4.69, 9.17) is 0 Å². The zero-order chi connectivity index (χ0) is 12.5. The number of aryl methyl sites for hydroxylation is 1. The van der Waals surface area contributed by atoms with E-state index in [9.17, 15) is 12.8 Å². The molecule has 90 valence electrons. The lowest BCUT2D eigenvalue weighted by molar-refractivity contribution is 0.592. The molecule has 0 unspecified atom stereocenters. The second kappa shape index (κ2) is 4.21. The van der Waals surface area contributed by atoms with E-state index in [0.29, 0.717) is 0 Å². The molecule has 0 atom stereocenters. The molecule has 0 amide bonds. The van der Waals surface area contributed by atoms with Gasteiger partial charge in [-0.3, -0.25) is 0 Å². The molecule has 17 heavy (non-hydrogen) atoms. The van der Waals surface area contributed by atoms with Crippen molar-refractivity contribution in [3.8, 4) is 0 Å². The van der Waals surface area contributed by atoms with Gasteiger partial charge in [0.2, 0.25) is 0 Å². The number of hydrogen-bond acceptors (Lipinski definition) is 5. The number of rotatable bonds is 3. The minimum absolute atomic E-state index is 0.0337. The highest BCUT2D eigenvalue weighted by molar-refractivity contribution is 7.90. The summed E-state index contributed by atoms with van der Waals surface area (Å²) < 4.78 is 36.4. The minimum atomic E-state index is -3.56. The van der Waals surface area contributed by atoms with Crippen LogP contribution < -0.4 is 0 Å². The molecule has 0 aliphatic carbocycles. The molecule has 0 radical (unpaired) electrons. The summed E-state index contributed by atoms with van der Waals surface area (Å²) in [4.78, 5) is 1.21. The van der Waals surface area contributed by atoms with Crippen LogP contribution in [0.3, 0.4) is 0 Å². The molecule has 0 spiro atoms. The van der Waals surface area contributed by atoms with Crippen LogP contribution in [0.4, 0.5) is 4.39 Å². The van der Waals surface area contributed by atoms with Crippen molar-refractivity contribution in [3.05, 3.63) is 35.9 Å². The fourth-order valence-corrected chi connectivity index (χ4v) is 2.45. The quantitative estimate of drug-likeness (QED) is 0.739. The minimum Gasteiger partial charge on any atom is -0.223 e. The Morgan fingerprint density at radius 3 is 2.47 bits per heavy atom. The molecule has 1 aromatic heterocycles. The van der Waals surface area contributed by atoms with Gasteiger partial charge < -0.3 is 0 Å². The highest BCUT2D eigenvalue weighted by Gasteiger charge is 2.18. The van der Waals surface area contributed by atoms with Gasteiger partial charge in [-0.15, -0.1) is 10.2 Å². The largest absolute Gasteiger partial charge is 0.223 e. The predicted molar refractivity (Wildman–Crippen MR) is 56.1 cm³/mol. The van der Waals surface area contributed by atoms with Crippen molar-refractivity contribution < 1.29 is 12.8 Å². The van der Waals surface area contributed by atoms with Gasteiger partial charge in [-0.25, -0.2) is 12.8 Å². The number of hydrogen-bond donors (Lipinski definition) is 0. The third-order valence-electron chi connectivity index (χ3n) is 2.04. The van der Waals surface area contributed by atoms with Crippen LogP contribution in [0.5, 0.6) is 0 Å². The molecular formula is C9H9FN4O2S. The van der Waals surface area contributed by atoms with E-state index >= 15 is 0 Å². The second-order valence-corrected chi connectivity index (χ2v) is 5.40. The molecule has 8 heteroatoms. The third kappa shape index (κ3) is 2.64. The Morgan fingerprint density at radius 1 is 1.29 bits per heavy atom. The first-order valence-electron chi connectivity index (χ1n) is 4.68. The molecule has 2 rings (SSSR count). The highest BCUT2D eigenvalue weighted by atomic mass is 32.2. The topological polar surface area (TPSA) is 77.7 Å². The van der Waals surface area contributed by atoms with E-state index in [0.717, 1.165) is 12.1 Å². The van der Waals surface area contributed by atoms with Crippen molar-refractivity contribution in [1.29, 1.82) is 0 Å². The van der Waals surface area contributed by atoms with Gasteiger partial charge >= 0.3 is 0 Å². The first-order chi connectivity index (χ1) is 7.97. The van der Waals surface area contributed by atoms with Crippen LogP contribution in [0.25, 0.3) is 0 Å². The van der Waals surface area contributed by atoms with Crippen LogP contribution in [0.15, 0.2) is 29.2 Å². The van der Waals surface area contributed by atoms with Crippen LogP contribution in [-0.4, -0.2) is 28.6 Å². The van der Waals surface area contributed by atoms with E-state index in [1.54, 1.807) is 7.05 Å². The third-order valence-corrected chi connectivity index (χ3v) is 3.67. The molecule has 0 saturated carbocycles. The Balaban J connectivity index is 2.28. The van der Waals surface area contributed by atoms with Crippen LogP contribution in [0.1, 0.15) is 5.82 Å². The maximum absolute atomic E-state index is 12.7. The highest BCUT2D eigenvalue weighted by Crippen LogP contribution is 2.14. The van der Waals surface area contributed by atoms with Crippen molar-refractivity contribution in [3.63, 3.8) is 0 Å². The Bertz CT molecular complexity index is 621. The van der Waals surface area contributed by atoms with E-state index in [2.05, 4.69) is 15.4 Å². The molecule has 0 saturated heterocycles. The van der Waals surface area contributed by atoms with Crippen molar-refractivity contribution in [2.45, 2.75) is 10.6 Å². The summed E-state index contributed by atoms with van der Waals surface area (Å²) in [5.41, 5.74) is 0. The van der Waals surface area contributed by atoms with Gasteiger partial charge in [0.1, 0.15) is 11.6 Å². The lowest BCUT2D eigenvalue weighted by Gasteiger charge is -2.00. The van der Waals surface area contributed by atoms with E-state index < -0.39 is 15.7 Å². The standard InChI is InChI=1S/C9H9FN4O2S/c1-14-12-9(11-13-14)6-17(15,16)8-4-2-7(10)3-5-8/h2-5H,6H2,1H3. The summed E-state index contributed by atoms with van der Waals surface area (Å²) >= 11 is 0. The summed E-state index contributed by atoms with van der Waals surface area (Å²) in [5, 5.41) is 10.9. The van der Waals surface area contributed by atoms with Crippen molar-refractivity contribution in [1.82, 2.24) is 20.2 Å². The number of halogens is 1. The summed E-state index contributed by atoms with van der Waals surface area (Å²) in [5.74, 6) is -0.731. The fraction of sp³-hybridized carbons (Fsp3) is 0.222. The Labute approximate surface area is 97.0 Å². The molecule has 0 fully saturated rings. The number of tetrazole rings is 1. The first kappa shape index (κ1) is 11.6. The average molecular weight is 256 g/mol. The maximum Gasteiger partial charge on any atom is 0.190 e. The summed E-state index contributed by atoms with van der Waals surface area (Å²) in [6.45, 7) is 0. The number of nitrogens with zero attached hydrogens (tertiary/aromatic N) is 4. The molecule has 0 N–H and O–H groups in total. The number of benzene rings is 1. The van der Waals surface area contributed by atoms with Gasteiger partial charge in [-0.1, -0.05) is 0 Å². The van der Waals surface area contributed by atoms with Gasteiger partial charge in [0.15, 0.2) is 15.7 Å². The maximum atomic E-state index is 12.7. The molecule has 2 aromatic rings. The van der Waals surface area contributed by atoms with Gasteiger partial charge in [0.05, 0.1) is 11.9 Å². The smallest absolute Gasteiger partial charge is 0.190 e. The summed E-state index contributed by atoms with van der Waals surface area (Å²) in [6, 6.07) is 4.61. The lowest BCUT2D eigenvalue weighted by Crippen LogP contribution is -2.06. The van der Waals surface area contributed by atoms with E-state index in [-0.39, 0.29) is 16.5 Å².